The molecule has 185 valence electrons. The smallest absolute Gasteiger partial charge is 0.122 e. The van der Waals surface area contributed by atoms with Crippen LogP contribution in [0.25, 0.3) is 0 Å². The fraction of sp³-hybridized carbons (Fsp3) is 0.774. The van der Waals surface area contributed by atoms with Crippen molar-refractivity contribution in [1.82, 2.24) is 0 Å². The van der Waals surface area contributed by atoms with Gasteiger partial charge in [-0.3, -0.25) is 0 Å². The molecule has 1 aromatic carbocycles. The molecule has 0 aliphatic carbocycles. The lowest BCUT2D eigenvalue weighted by molar-refractivity contribution is 0.441. The number of phenolic OH excluding ortho intramolecular Hbond substituents is 1. The highest BCUT2D eigenvalue weighted by Gasteiger charge is 2.21. The Morgan fingerprint density at radius 1 is 0.719 bits per heavy atom. The number of unbranched alkanes of at least 4 members (excludes halogenated alkanes) is 16. The van der Waals surface area contributed by atoms with Gasteiger partial charge >= 0.3 is 0 Å². The van der Waals surface area contributed by atoms with E-state index in [2.05, 4.69) is 54.0 Å². The minimum Gasteiger partial charge on any atom is -0.507 e. The number of aryl methyl sites for hydroxylation is 1. The highest BCUT2D eigenvalue weighted by Crippen LogP contribution is 2.36. The van der Waals surface area contributed by atoms with Crippen LogP contribution in [0.4, 0.5) is 0 Å². The first kappa shape index (κ1) is 29.1. The van der Waals surface area contributed by atoms with Crippen molar-refractivity contribution in [3.05, 3.63) is 34.7 Å². The zero-order chi connectivity index (χ0) is 23.8. The van der Waals surface area contributed by atoms with Gasteiger partial charge in [0.25, 0.3) is 0 Å². The Bertz CT molecular complexity index is 608. The second kappa shape index (κ2) is 16.6. The summed E-state index contributed by atoms with van der Waals surface area (Å²) in [7, 11) is 0. The van der Waals surface area contributed by atoms with Gasteiger partial charge in [0.05, 0.1) is 0 Å². The summed E-state index contributed by atoms with van der Waals surface area (Å²) in [4.78, 5) is 0. The van der Waals surface area contributed by atoms with E-state index in [0.29, 0.717) is 5.75 Å². The molecule has 1 aromatic rings. The van der Waals surface area contributed by atoms with Crippen molar-refractivity contribution < 1.29 is 5.11 Å². The summed E-state index contributed by atoms with van der Waals surface area (Å²) in [5.41, 5.74) is 4.76. The number of hydrogen-bond donors (Lipinski definition) is 1. The van der Waals surface area contributed by atoms with Gasteiger partial charge in [0.15, 0.2) is 0 Å². The number of benzene rings is 1. The van der Waals surface area contributed by atoms with Crippen molar-refractivity contribution >= 4 is 0 Å². The molecule has 0 unspecified atom stereocenters. The zero-order valence-electron chi connectivity index (χ0n) is 22.6. The normalized spacial score (nSPS) is 11.9. The average Bonchev–Trinajstić information content (AvgIpc) is 2.74. The van der Waals surface area contributed by atoms with E-state index in [9.17, 15) is 5.11 Å². The summed E-state index contributed by atoms with van der Waals surface area (Å²) in [6.45, 7) is 13.1. The first-order valence-corrected chi connectivity index (χ1v) is 13.9. The van der Waals surface area contributed by atoms with Crippen molar-refractivity contribution in [3.63, 3.8) is 0 Å². The standard InChI is InChI=1S/C31H55O/c1-7-8-9-10-11-12-13-14-15-16-17-18-19-20-21-22-23-24-28-26(2)25-29(31(4,5)6)30(32)27(28)3/h23,25,32H,7-22,24H2,1-6H3. The minimum atomic E-state index is -0.0181. The maximum Gasteiger partial charge on any atom is 0.122 e. The quantitative estimate of drug-likeness (QED) is 0.224. The van der Waals surface area contributed by atoms with Crippen LogP contribution in [0.5, 0.6) is 5.75 Å². The average molecular weight is 444 g/mol. The number of aromatic hydroxyl groups is 1. The van der Waals surface area contributed by atoms with E-state index in [0.717, 1.165) is 17.5 Å². The van der Waals surface area contributed by atoms with Crippen molar-refractivity contribution in [3.8, 4) is 5.75 Å². The van der Waals surface area contributed by atoms with E-state index in [-0.39, 0.29) is 5.41 Å². The van der Waals surface area contributed by atoms with E-state index in [1.165, 1.54) is 114 Å². The second-order valence-corrected chi connectivity index (χ2v) is 11.2. The summed E-state index contributed by atoms with van der Waals surface area (Å²) in [5, 5.41) is 10.7. The van der Waals surface area contributed by atoms with E-state index >= 15 is 0 Å². The van der Waals surface area contributed by atoms with Gasteiger partial charge in [-0.25, -0.2) is 0 Å². The zero-order valence-corrected chi connectivity index (χ0v) is 22.6. The third-order valence-corrected chi connectivity index (χ3v) is 7.07. The van der Waals surface area contributed by atoms with E-state index in [4.69, 9.17) is 0 Å². The summed E-state index contributed by atoms with van der Waals surface area (Å²) < 4.78 is 0. The number of hydrogen-bond acceptors (Lipinski definition) is 1. The van der Waals surface area contributed by atoms with Crippen molar-refractivity contribution in [2.45, 2.75) is 156 Å². The van der Waals surface area contributed by atoms with Crippen molar-refractivity contribution in [2.24, 2.45) is 0 Å². The van der Waals surface area contributed by atoms with E-state index in [1.807, 2.05) is 0 Å². The predicted octanol–water partition coefficient (Wildman–Crippen LogP) is 10.3. The molecule has 0 atom stereocenters. The fourth-order valence-electron chi connectivity index (χ4n) is 4.80. The lowest BCUT2D eigenvalue weighted by atomic mass is 9.82. The molecule has 0 aromatic heterocycles. The second-order valence-electron chi connectivity index (χ2n) is 11.2. The molecule has 1 rings (SSSR count). The Morgan fingerprint density at radius 3 is 1.59 bits per heavy atom. The van der Waals surface area contributed by atoms with Crippen molar-refractivity contribution in [1.29, 1.82) is 0 Å². The Kier molecular flexibility index (Phi) is 15.1. The van der Waals surface area contributed by atoms with Gasteiger partial charge in [0.2, 0.25) is 0 Å². The molecular formula is C31H55O. The molecule has 0 aliphatic rings. The molecule has 1 radical (unpaired) electrons. The lowest BCUT2D eigenvalue weighted by Gasteiger charge is -2.24. The molecule has 1 nitrogen and oxygen atoms in total. The highest BCUT2D eigenvalue weighted by molar-refractivity contribution is 5.51. The molecule has 0 heterocycles. The molecule has 0 aliphatic heterocycles. The lowest BCUT2D eigenvalue weighted by Crippen LogP contribution is -2.13. The molecule has 0 fully saturated rings. The summed E-state index contributed by atoms with van der Waals surface area (Å²) in [6.07, 6.45) is 25.9. The molecule has 0 saturated heterocycles. The molecule has 1 N–H and O–H groups in total. The minimum absolute atomic E-state index is 0.0181. The van der Waals surface area contributed by atoms with Crippen molar-refractivity contribution in [2.75, 3.05) is 0 Å². The topological polar surface area (TPSA) is 20.2 Å². The number of rotatable bonds is 18. The van der Waals surface area contributed by atoms with Crippen LogP contribution in [0.1, 0.15) is 153 Å². The Labute approximate surface area is 201 Å². The first-order valence-electron chi connectivity index (χ1n) is 13.9. The summed E-state index contributed by atoms with van der Waals surface area (Å²) in [5.74, 6) is 0.499. The third kappa shape index (κ3) is 11.8. The van der Waals surface area contributed by atoms with Crippen LogP contribution < -0.4 is 0 Å². The largest absolute Gasteiger partial charge is 0.507 e. The van der Waals surface area contributed by atoms with E-state index < -0.39 is 0 Å². The maximum absolute atomic E-state index is 10.7. The van der Waals surface area contributed by atoms with Gasteiger partial charge in [-0.1, -0.05) is 130 Å². The van der Waals surface area contributed by atoms with Gasteiger partial charge < -0.3 is 5.11 Å². The molecule has 0 saturated carbocycles. The highest BCUT2D eigenvalue weighted by atomic mass is 16.3. The predicted molar refractivity (Wildman–Crippen MR) is 144 cm³/mol. The van der Waals surface area contributed by atoms with Crippen LogP contribution in [0.15, 0.2) is 6.07 Å². The molecule has 32 heavy (non-hydrogen) atoms. The van der Waals surface area contributed by atoms with E-state index in [1.54, 1.807) is 0 Å². The Morgan fingerprint density at radius 2 is 1.16 bits per heavy atom. The van der Waals surface area contributed by atoms with Crippen LogP contribution in [-0.2, 0) is 11.8 Å². The van der Waals surface area contributed by atoms with Gasteiger partial charge in [0, 0.05) is 0 Å². The van der Waals surface area contributed by atoms with Crippen LogP contribution in [0.3, 0.4) is 0 Å². The molecular weight excluding hydrogens is 388 g/mol. The van der Waals surface area contributed by atoms with Gasteiger partial charge in [-0.05, 0) is 60.8 Å². The van der Waals surface area contributed by atoms with Gasteiger partial charge in [-0.2, -0.15) is 0 Å². The molecule has 1 heteroatoms. The van der Waals surface area contributed by atoms with Crippen LogP contribution in [0.2, 0.25) is 0 Å². The summed E-state index contributed by atoms with van der Waals surface area (Å²) in [6, 6.07) is 2.19. The van der Waals surface area contributed by atoms with Crippen LogP contribution >= 0.6 is 0 Å². The monoisotopic (exact) mass is 443 g/mol. The molecule has 0 spiro atoms. The Hall–Kier alpha value is -0.980. The van der Waals surface area contributed by atoms with Crippen LogP contribution in [0, 0.1) is 20.3 Å². The van der Waals surface area contributed by atoms with Crippen LogP contribution in [-0.4, -0.2) is 5.11 Å². The summed E-state index contributed by atoms with van der Waals surface area (Å²) >= 11 is 0. The third-order valence-electron chi connectivity index (χ3n) is 7.07. The first-order chi connectivity index (χ1) is 15.3. The van der Waals surface area contributed by atoms with Gasteiger partial charge in [-0.15, -0.1) is 0 Å². The molecule has 0 bridgehead atoms. The fourth-order valence-corrected chi connectivity index (χ4v) is 4.80. The van der Waals surface area contributed by atoms with Gasteiger partial charge in [0.1, 0.15) is 5.75 Å². The SMILES string of the molecule is CCCCCCCCCCCCCCCCC[CH]Cc1c(C)cc(C(C)(C)C)c(O)c1C. The maximum atomic E-state index is 10.7. The number of phenols is 1. The Balaban J connectivity index is 2.03. The molecule has 0 amide bonds.